The van der Waals surface area contributed by atoms with E-state index in [2.05, 4.69) is 32.3 Å². The van der Waals surface area contributed by atoms with Crippen LogP contribution in [-0.2, 0) is 6.54 Å². The van der Waals surface area contributed by atoms with Crippen molar-refractivity contribution < 1.29 is 9.90 Å². The van der Waals surface area contributed by atoms with Crippen molar-refractivity contribution in [2.24, 2.45) is 0 Å². The van der Waals surface area contributed by atoms with Crippen LogP contribution in [-0.4, -0.2) is 32.8 Å². The van der Waals surface area contributed by atoms with Crippen molar-refractivity contribution in [3.8, 4) is 11.8 Å². The van der Waals surface area contributed by atoms with Crippen molar-refractivity contribution in [3.05, 3.63) is 53.6 Å². The normalized spacial score (nSPS) is 9.57. The molecule has 2 rings (SSSR count). The lowest BCUT2D eigenvalue weighted by Crippen LogP contribution is -2.24. The molecule has 6 heteroatoms. The summed E-state index contributed by atoms with van der Waals surface area (Å²) in [5.41, 5.74) is 1.69. The first-order valence-corrected chi connectivity index (χ1v) is 6.40. The Labute approximate surface area is 122 Å². The molecule has 2 N–H and O–H groups in total. The zero-order chi connectivity index (χ0) is 14.9. The minimum Gasteiger partial charge on any atom is -0.395 e. The molecule has 0 fully saturated rings. The second kappa shape index (κ2) is 7.72. The van der Waals surface area contributed by atoms with E-state index in [9.17, 15) is 4.79 Å². The molecule has 0 saturated heterocycles. The van der Waals surface area contributed by atoms with Crippen LogP contribution in [0.2, 0.25) is 0 Å². The lowest BCUT2D eigenvalue weighted by Gasteiger charge is -2.03. The molecule has 0 aliphatic heterocycles. The van der Waals surface area contributed by atoms with Crippen LogP contribution in [0.5, 0.6) is 0 Å². The van der Waals surface area contributed by atoms with E-state index < -0.39 is 0 Å². The van der Waals surface area contributed by atoms with Crippen LogP contribution in [0.4, 0.5) is 0 Å². The fourth-order valence-electron chi connectivity index (χ4n) is 1.51. The minimum atomic E-state index is -0.282. The highest BCUT2D eigenvalue weighted by atomic mass is 16.2. The third-order valence-corrected chi connectivity index (χ3v) is 2.52. The van der Waals surface area contributed by atoms with Gasteiger partial charge in [-0.2, -0.15) is 10.2 Å². The van der Waals surface area contributed by atoms with E-state index in [1.165, 1.54) is 6.20 Å². The molecule has 0 aromatic carbocycles. The van der Waals surface area contributed by atoms with E-state index in [1.807, 2.05) is 0 Å². The number of nitrogens with zero attached hydrogens (tertiary/aromatic N) is 3. The maximum atomic E-state index is 11.9. The number of aromatic nitrogens is 3. The van der Waals surface area contributed by atoms with Gasteiger partial charge in [0.2, 0.25) is 0 Å². The average molecular weight is 282 g/mol. The molecule has 21 heavy (non-hydrogen) atoms. The van der Waals surface area contributed by atoms with E-state index in [4.69, 9.17) is 5.11 Å². The molecular weight excluding hydrogens is 268 g/mol. The Morgan fingerprint density at radius 1 is 1.33 bits per heavy atom. The van der Waals surface area contributed by atoms with Crippen molar-refractivity contribution in [1.29, 1.82) is 0 Å². The van der Waals surface area contributed by atoms with Crippen LogP contribution in [0.3, 0.4) is 0 Å². The number of pyridine rings is 1. The molecule has 0 bridgehead atoms. The molecule has 2 heterocycles. The molecule has 6 nitrogen and oxygen atoms in total. The summed E-state index contributed by atoms with van der Waals surface area (Å²) in [6, 6.07) is 6.86. The zero-order valence-corrected chi connectivity index (χ0v) is 11.3. The largest absolute Gasteiger partial charge is 0.395 e. The van der Waals surface area contributed by atoms with Gasteiger partial charge in [-0.3, -0.25) is 4.79 Å². The Morgan fingerprint density at radius 2 is 2.24 bits per heavy atom. The van der Waals surface area contributed by atoms with Crippen LogP contribution in [0, 0.1) is 11.8 Å². The summed E-state index contributed by atoms with van der Waals surface area (Å²) in [5, 5.41) is 19.0. The van der Waals surface area contributed by atoms with Crippen molar-refractivity contribution >= 4 is 5.91 Å². The topological polar surface area (TPSA) is 88.0 Å². The molecule has 1 amide bonds. The standard InChI is InChI=1S/C15H14N4O2/c20-9-2-1-4-12-6-7-14(16-10-12)15(21)17-11-13-5-3-8-18-19-13/h3,5-8,10,20H,2,9,11H2,(H,17,21). The first-order valence-electron chi connectivity index (χ1n) is 6.40. The highest BCUT2D eigenvalue weighted by Crippen LogP contribution is 2.00. The highest BCUT2D eigenvalue weighted by molar-refractivity contribution is 5.92. The highest BCUT2D eigenvalue weighted by Gasteiger charge is 2.06. The molecule has 0 unspecified atom stereocenters. The molecule has 2 aromatic rings. The molecule has 0 spiro atoms. The summed E-state index contributed by atoms with van der Waals surface area (Å²) in [6.07, 6.45) is 3.52. The molecule has 0 radical (unpaired) electrons. The van der Waals surface area contributed by atoms with Gasteiger partial charge in [0.15, 0.2) is 0 Å². The van der Waals surface area contributed by atoms with Crippen LogP contribution in [0.1, 0.15) is 28.2 Å². The van der Waals surface area contributed by atoms with Gasteiger partial charge in [0.1, 0.15) is 5.69 Å². The summed E-state index contributed by atoms with van der Waals surface area (Å²) in [4.78, 5) is 16.0. The van der Waals surface area contributed by atoms with Gasteiger partial charge in [0.05, 0.1) is 18.8 Å². The maximum absolute atomic E-state index is 11.9. The quantitative estimate of drug-likeness (QED) is 0.799. The predicted octanol–water partition coefficient (Wildman–Crippen LogP) is 0.535. The monoisotopic (exact) mass is 282 g/mol. The van der Waals surface area contributed by atoms with Gasteiger partial charge in [-0.15, -0.1) is 0 Å². The second-order valence-corrected chi connectivity index (χ2v) is 4.11. The first kappa shape index (κ1) is 14.6. The third-order valence-electron chi connectivity index (χ3n) is 2.52. The third kappa shape index (κ3) is 4.67. The van der Waals surface area contributed by atoms with Gasteiger partial charge < -0.3 is 10.4 Å². The summed E-state index contributed by atoms with van der Waals surface area (Å²) in [5.74, 6) is 5.36. The maximum Gasteiger partial charge on any atom is 0.270 e. The number of nitrogens with one attached hydrogen (secondary N) is 1. The number of hydrogen-bond donors (Lipinski definition) is 2. The lowest BCUT2D eigenvalue weighted by atomic mass is 10.2. The SMILES string of the molecule is O=C(NCc1cccnn1)c1ccc(C#CCCO)cn1. The number of aliphatic hydroxyl groups is 1. The Morgan fingerprint density at radius 3 is 2.90 bits per heavy atom. The second-order valence-electron chi connectivity index (χ2n) is 4.11. The fraction of sp³-hybridized carbons (Fsp3) is 0.200. The molecular formula is C15H14N4O2. The van der Waals surface area contributed by atoms with Crippen molar-refractivity contribution in [2.75, 3.05) is 6.61 Å². The van der Waals surface area contributed by atoms with Crippen LogP contribution in [0.25, 0.3) is 0 Å². The van der Waals surface area contributed by atoms with Crippen LogP contribution < -0.4 is 5.32 Å². The van der Waals surface area contributed by atoms with Crippen molar-refractivity contribution in [1.82, 2.24) is 20.5 Å². The van der Waals surface area contributed by atoms with Crippen molar-refractivity contribution in [2.45, 2.75) is 13.0 Å². The van der Waals surface area contributed by atoms with E-state index in [0.717, 1.165) is 0 Å². The molecule has 0 atom stereocenters. The Hall–Kier alpha value is -2.78. The number of carbonyl (C=O) groups is 1. The van der Waals surface area contributed by atoms with Crippen molar-refractivity contribution in [3.63, 3.8) is 0 Å². The summed E-state index contributed by atoms with van der Waals surface area (Å²) < 4.78 is 0. The molecule has 0 aliphatic rings. The van der Waals surface area contributed by atoms with E-state index in [-0.39, 0.29) is 12.5 Å². The van der Waals surface area contributed by atoms with Gasteiger partial charge in [0.25, 0.3) is 5.91 Å². The lowest BCUT2D eigenvalue weighted by molar-refractivity contribution is 0.0945. The predicted molar refractivity (Wildman–Crippen MR) is 76.0 cm³/mol. The number of aliphatic hydroxyl groups excluding tert-OH is 1. The zero-order valence-electron chi connectivity index (χ0n) is 11.3. The van der Waals surface area contributed by atoms with Crippen LogP contribution >= 0.6 is 0 Å². The minimum absolute atomic E-state index is 0.0310. The Kier molecular flexibility index (Phi) is 5.38. The summed E-state index contributed by atoms with van der Waals surface area (Å²) in [6.45, 7) is 0.329. The molecule has 0 aliphatic carbocycles. The Bertz CT molecular complexity index is 645. The summed E-state index contributed by atoms with van der Waals surface area (Å²) >= 11 is 0. The molecule has 106 valence electrons. The van der Waals surface area contributed by atoms with E-state index in [0.29, 0.717) is 29.9 Å². The van der Waals surface area contributed by atoms with E-state index >= 15 is 0 Å². The number of carbonyl (C=O) groups excluding carboxylic acids is 1. The van der Waals surface area contributed by atoms with Gasteiger partial charge in [-0.1, -0.05) is 11.8 Å². The van der Waals surface area contributed by atoms with Gasteiger partial charge >= 0.3 is 0 Å². The first-order chi connectivity index (χ1) is 10.3. The van der Waals surface area contributed by atoms with Gasteiger partial charge in [-0.05, 0) is 24.3 Å². The number of rotatable bonds is 4. The molecule has 2 aromatic heterocycles. The smallest absolute Gasteiger partial charge is 0.270 e. The van der Waals surface area contributed by atoms with E-state index in [1.54, 1.807) is 30.5 Å². The average Bonchev–Trinajstić information content (AvgIpc) is 2.54. The van der Waals surface area contributed by atoms with Gasteiger partial charge in [-0.25, -0.2) is 4.98 Å². The Balaban J connectivity index is 1.92. The number of hydrogen-bond acceptors (Lipinski definition) is 5. The fourth-order valence-corrected chi connectivity index (χ4v) is 1.51. The number of amides is 1. The molecule has 0 saturated carbocycles. The summed E-state index contributed by atoms with van der Waals surface area (Å²) in [7, 11) is 0. The van der Waals surface area contributed by atoms with Gasteiger partial charge in [0, 0.05) is 24.4 Å². The van der Waals surface area contributed by atoms with Crippen LogP contribution in [0.15, 0.2) is 36.7 Å².